The molecule has 2 rings (SSSR count). The van der Waals surface area contributed by atoms with Crippen molar-refractivity contribution < 1.29 is 4.74 Å². The van der Waals surface area contributed by atoms with Crippen molar-refractivity contribution in [3.05, 3.63) is 35.4 Å². The number of rotatable bonds is 7. The number of benzene rings is 1. The van der Waals surface area contributed by atoms with Gasteiger partial charge in [-0.25, -0.2) is 0 Å². The van der Waals surface area contributed by atoms with Gasteiger partial charge in [0.25, 0.3) is 0 Å². The molecule has 0 amide bonds. The number of likely N-dealkylation sites (tertiary alicyclic amines) is 1. The van der Waals surface area contributed by atoms with Crippen molar-refractivity contribution in [2.45, 2.75) is 45.3 Å². The summed E-state index contributed by atoms with van der Waals surface area (Å²) in [5.41, 5.74) is 2.74. The number of nitrogens with zero attached hydrogens (tertiary/aromatic N) is 1. The molecule has 1 aromatic carbocycles. The molecular formula is C18H30N2O. The van der Waals surface area contributed by atoms with Crippen molar-refractivity contribution in [2.75, 3.05) is 33.3 Å². The topological polar surface area (TPSA) is 24.5 Å². The Morgan fingerprint density at radius 3 is 2.48 bits per heavy atom. The summed E-state index contributed by atoms with van der Waals surface area (Å²) in [7, 11) is 1.83. The van der Waals surface area contributed by atoms with E-state index in [9.17, 15) is 0 Å². The first kappa shape index (κ1) is 16.5. The van der Waals surface area contributed by atoms with Crippen LogP contribution in [0.4, 0.5) is 0 Å². The Morgan fingerprint density at radius 2 is 1.90 bits per heavy atom. The first-order valence-electron chi connectivity index (χ1n) is 8.28. The third kappa shape index (κ3) is 5.10. The molecule has 1 fully saturated rings. The Morgan fingerprint density at radius 1 is 1.24 bits per heavy atom. The normalized spacial score (nSPS) is 18.8. The van der Waals surface area contributed by atoms with E-state index >= 15 is 0 Å². The number of piperidine rings is 1. The molecule has 0 aromatic heterocycles. The van der Waals surface area contributed by atoms with Gasteiger partial charge >= 0.3 is 0 Å². The molecule has 0 radical (unpaired) electrons. The second kappa shape index (κ2) is 8.52. The molecule has 118 valence electrons. The van der Waals surface area contributed by atoms with Gasteiger partial charge in [-0.1, -0.05) is 36.8 Å². The van der Waals surface area contributed by atoms with Crippen LogP contribution >= 0.6 is 0 Å². The maximum atomic E-state index is 5.45. The molecular weight excluding hydrogens is 260 g/mol. The molecule has 1 unspecified atom stereocenters. The highest BCUT2D eigenvalue weighted by Crippen LogP contribution is 2.20. The van der Waals surface area contributed by atoms with Gasteiger partial charge in [0.2, 0.25) is 0 Å². The van der Waals surface area contributed by atoms with Crippen LogP contribution in [0.2, 0.25) is 0 Å². The Balaban J connectivity index is 1.84. The van der Waals surface area contributed by atoms with Crippen LogP contribution in [0.1, 0.15) is 43.4 Å². The van der Waals surface area contributed by atoms with Crippen LogP contribution in [0.25, 0.3) is 0 Å². The number of hydrogen-bond acceptors (Lipinski definition) is 3. The summed E-state index contributed by atoms with van der Waals surface area (Å²) in [6, 6.07) is 9.42. The molecule has 3 nitrogen and oxygen atoms in total. The molecule has 1 saturated heterocycles. The first-order chi connectivity index (χ1) is 10.2. The molecule has 0 spiro atoms. The van der Waals surface area contributed by atoms with Crippen LogP contribution < -0.4 is 5.32 Å². The zero-order valence-electron chi connectivity index (χ0n) is 13.8. The average Bonchev–Trinajstić information content (AvgIpc) is 2.53. The summed E-state index contributed by atoms with van der Waals surface area (Å²) in [6.45, 7) is 8.86. The SMILES string of the molecule is CCNC(CCN1CCC(OC)CC1)c1ccc(C)cc1. The van der Waals surface area contributed by atoms with Gasteiger partial charge < -0.3 is 15.0 Å². The summed E-state index contributed by atoms with van der Waals surface area (Å²) in [6.07, 6.45) is 4.00. The second-order valence-corrected chi connectivity index (χ2v) is 6.09. The van der Waals surface area contributed by atoms with Gasteiger partial charge in [-0.2, -0.15) is 0 Å². The molecule has 1 aromatic rings. The molecule has 1 aliphatic heterocycles. The lowest BCUT2D eigenvalue weighted by Crippen LogP contribution is -2.38. The van der Waals surface area contributed by atoms with Crippen molar-refractivity contribution in [3.8, 4) is 0 Å². The van der Waals surface area contributed by atoms with Gasteiger partial charge in [-0.15, -0.1) is 0 Å². The molecule has 21 heavy (non-hydrogen) atoms. The Kier molecular flexibility index (Phi) is 6.68. The van der Waals surface area contributed by atoms with Crippen molar-refractivity contribution >= 4 is 0 Å². The molecule has 3 heteroatoms. The predicted molar refractivity (Wildman–Crippen MR) is 88.7 cm³/mol. The third-order valence-corrected chi connectivity index (χ3v) is 4.53. The van der Waals surface area contributed by atoms with Gasteiger partial charge in [-0.3, -0.25) is 0 Å². The number of nitrogens with one attached hydrogen (secondary N) is 1. The fourth-order valence-electron chi connectivity index (χ4n) is 3.11. The van der Waals surface area contributed by atoms with Crippen molar-refractivity contribution in [2.24, 2.45) is 0 Å². The van der Waals surface area contributed by atoms with Crippen LogP contribution in [0.5, 0.6) is 0 Å². The van der Waals surface area contributed by atoms with Crippen LogP contribution in [-0.4, -0.2) is 44.3 Å². The zero-order chi connectivity index (χ0) is 15.1. The highest BCUT2D eigenvalue weighted by atomic mass is 16.5. The van der Waals surface area contributed by atoms with Gasteiger partial charge in [0.1, 0.15) is 0 Å². The lowest BCUT2D eigenvalue weighted by molar-refractivity contribution is 0.0401. The van der Waals surface area contributed by atoms with Gasteiger partial charge in [0.05, 0.1) is 6.10 Å². The fraction of sp³-hybridized carbons (Fsp3) is 0.667. The maximum absolute atomic E-state index is 5.45. The molecule has 1 N–H and O–H groups in total. The van der Waals surface area contributed by atoms with Crippen molar-refractivity contribution in [1.29, 1.82) is 0 Å². The lowest BCUT2D eigenvalue weighted by Gasteiger charge is -2.32. The smallest absolute Gasteiger partial charge is 0.0595 e. The number of aryl methyl sites for hydroxylation is 1. The van der Waals surface area contributed by atoms with E-state index in [0.717, 1.165) is 6.54 Å². The Bertz CT molecular complexity index is 396. The van der Waals surface area contributed by atoms with E-state index < -0.39 is 0 Å². The predicted octanol–water partition coefficient (Wildman–Crippen LogP) is 3.15. The van der Waals surface area contributed by atoms with E-state index in [1.165, 1.54) is 50.0 Å². The van der Waals surface area contributed by atoms with Crippen molar-refractivity contribution in [1.82, 2.24) is 10.2 Å². The van der Waals surface area contributed by atoms with Crippen LogP contribution in [0, 0.1) is 6.92 Å². The summed E-state index contributed by atoms with van der Waals surface area (Å²) in [5, 5.41) is 3.63. The standard InChI is InChI=1S/C18H30N2O/c1-4-19-18(16-7-5-15(2)6-8-16)11-14-20-12-9-17(21-3)10-13-20/h5-8,17-19H,4,9-14H2,1-3H3. The van der Waals surface area contributed by atoms with Crippen LogP contribution in [0.3, 0.4) is 0 Å². The lowest BCUT2D eigenvalue weighted by atomic mass is 10.0. The van der Waals surface area contributed by atoms with Crippen LogP contribution in [0.15, 0.2) is 24.3 Å². The monoisotopic (exact) mass is 290 g/mol. The molecule has 0 bridgehead atoms. The van der Waals surface area contributed by atoms with Crippen molar-refractivity contribution in [3.63, 3.8) is 0 Å². The number of hydrogen-bond donors (Lipinski definition) is 1. The van der Waals surface area contributed by atoms with E-state index in [4.69, 9.17) is 4.74 Å². The molecule has 1 atom stereocenters. The van der Waals surface area contributed by atoms with Gasteiger partial charge in [0.15, 0.2) is 0 Å². The number of methoxy groups -OCH3 is 1. The molecule has 1 heterocycles. The minimum absolute atomic E-state index is 0.468. The van der Waals surface area contributed by atoms with E-state index in [1.807, 2.05) is 7.11 Å². The first-order valence-corrected chi connectivity index (χ1v) is 8.28. The molecule has 0 saturated carbocycles. The highest BCUT2D eigenvalue weighted by Gasteiger charge is 2.19. The third-order valence-electron chi connectivity index (χ3n) is 4.53. The van der Waals surface area contributed by atoms with E-state index in [1.54, 1.807) is 0 Å². The summed E-state index contributed by atoms with van der Waals surface area (Å²) >= 11 is 0. The van der Waals surface area contributed by atoms with E-state index in [2.05, 4.69) is 48.3 Å². The van der Waals surface area contributed by atoms with Gasteiger partial charge in [0, 0.05) is 26.2 Å². The average molecular weight is 290 g/mol. The van der Waals surface area contributed by atoms with Gasteiger partial charge in [-0.05, 0) is 44.8 Å². The number of ether oxygens (including phenoxy) is 1. The molecule has 1 aliphatic rings. The summed E-state index contributed by atoms with van der Waals surface area (Å²) < 4.78 is 5.45. The summed E-state index contributed by atoms with van der Waals surface area (Å²) in [5.74, 6) is 0. The Labute approximate surface area is 129 Å². The molecule has 0 aliphatic carbocycles. The zero-order valence-corrected chi connectivity index (χ0v) is 13.8. The van der Waals surface area contributed by atoms with E-state index in [-0.39, 0.29) is 0 Å². The Hall–Kier alpha value is -0.900. The fourth-order valence-corrected chi connectivity index (χ4v) is 3.11. The van der Waals surface area contributed by atoms with E-state index in [0.29, 0.717) is 12.1 Å². The van der Waals surface area contributed by atoms with Crippen LogP contribution in [-0.2, 0) is 4.74 Å². The second-order valence-electron chi connectivity index (χ2n) is 6.09. The minimum atomic E-state index is 0.468. The quantitative estimate of drug-likeness (QED) is 0.835. The highest BCUT2D eigenvalue weighted by molar-refractivity contribution is 5.24. The minimum Gasteiger partial charge on any atom is -0.381 e. The summed E-state index contributed by atoms with van der Waals surface area (Å²) in [4.78, 5) is 2.58. The largest absolute Gasteiger partial charge is 0.381 e. The maximum Gasteiger partial charge on any atom is 0.0595 e.